The average Bonchev–Trinajstić information content (AvgIpc) is 2.52. The summed E-state index contributed by atoms with van der Waals surface area (Å²) >= 11 is -2.05. The molecule has 0 saturated carbocycles. The molecule has 0 saturated heterocycles. The maximum absolute atomic E-state index is 11.6. The number of amides is 1. The molecule has 0 aliphatic rings. The second-order valence-corrected chi connectivity index (χ2v) is 5.67. The van der Waals surface area contributed by atoms with E-state index in [1.54, 1.807) is 42.5 Å². The summed E-state index contributed by atoms with van der Waals surface area (Å²) in [6.07, 6.45) is 0.824. The van der Waals surface area contributed by atoms with E-state index in [0.717, 1.165) is 17.5 Å². The maximum Gasteiger partial charge on any atom is 0.252 e. The van der Waals surface area contributed by atoms with E-state index in [1.807, 2.05) is 6.92 Å². The molecule has 2 aromatic rings. The molecular formula is C16H17NO4S. The Morgan fingerprint density at radius 1 is 1.23 bits per heavy atom. The van der Waals surface area contributed by atoms with Gasteiger partial charge < -0.3 is 15.0 Å². The van der Waals surface area contributed by atoms with Crippen molar-refractivity contribution in [2.24, 2.45) is 5.73 Å². The molecule has 0 radical (unpaired) electrons. The van der Waals surface area contributed by atoms with Crippen LogP contribution in [0.15, 0.2) is 47.4 Å². The predicted octanol–water partition coefficient (Wildman–Crippen LogP) is 2.82. The van der Waals surface area contributed by atoms with Gasteiger partial charge in [-0.05, 0) is 41.8 Å². The molecule has 0 aliphatic heterocycles. The van der Waals surface area contributed by atoms with Gasteiger partial charge in [-0.15, -0.1) is 0 Å². The summed E-state index contributed by atoms with van der Waals surface area (Å²) in [5.74, 6) is -0.130. The van der Waals surface area contributed by atoms with Crippen LogP contribution in [0.1, 0.15) is 23.7 Å². The zero-order valence-electron chi connectivity index (χ0n) is 12.1. The van der Waals surface area contributed by atoms with Crippen molar-refractivity contribution in [3.63, 3.8) is 0 Å². The van der Waals surface area contributed by atoms with Crippen LogP contribution < -0.4 is 10.5 Å². The van der Waals surface area contributed by atoms with Crippen LogP contribution >= 0.6 is 0 Å². The Labute approximate surface area is 131 Å². The summed E-state index contributed by atoms with van der Waals surface area (Å²) in [5.41, 5.74) is 7.15. The molecule has 0 heterocycles. The van der Waals surface area contributed by atoms with Gasteiger partial charge in [-0.2, -0.15) is 0 Å². The van der Waals surface area contributed by atoms with Gasteiger partial charge in [0.2, 0.25) is 0 Å². The number of hydrogen-bond acceptors (Lipinski definition) is 3. The lowest BCUT2D eigenvalue weighted by Crippen LogP contribution is -2.13. The van der Waals surface area contributed by atoms with E-state index in [2.05, 4.69) is 0 Å². The van der Waals surface area contributed by atoms with Crippen molar-refractivity contribution >= 4 is 17.0 Å². The van der Waals surface area contributed by atoms with E-state index in [1.165, 1.54) is 0 Å². The summed E-state index contributed by atoms with van der Waals surface area (Å²) in [4.78, 5) is 11.9. The summed E-state index contributed by atoms with van der Waals surface area (Å²) in [6, 6.07) is 11.8. The molecule has 6 heteroatoms. The molecule has 116 valence electrons. The lowest BCUT2D eigenvalue weighted by Gasteiger charge is -2.11. The second-order valence-electron chi connectivity index (χ2n) is 4.70. The van der Waals surface area contributed by atoms with Crippen molar-refractivity contribution in [3.05, 3.63) is 48.0 Å². The van der Waals surface area contributed by atoms with Crippen LogP contribution in [-0.4, -0.2) is 21.3 Å². The largest absolute Gasteiger partial charge is 0.493 e. The van der Waals surface area contributed by atoms with Gasteiger partial charge in [0.05, 0.1) is 17.1 Å². The lowest BCUT2D eigenvalue weighted by molar-refractivity contribution is 0.0996. The highest BCUT2D eigenvalue weighted by Crippen LogP contribution is 2.27. The number of nitrogens with two attached hydrogens (primary N) is 1. The summed E-state index contributed by atoms with van der Waals surface area (Å²) < 4.78 is 25.8. The van der Waals surface area contributed by atoms with Gasteiger partial charge in [0, 0.05) is 0 Å². The molecule has 22 heavy (non-hydrogen) atoms. The first-order valence-corrected chi connectivity index (χ1v) is 7.91. The van der Waals surface area contributed by atoms with E-state index < -0.39 is 17.0 Å². The van der Waals surface area contributed by atoms with Crippen LogP contribution in [0, 0.1) is 0 Å². The van der Waals surface area contributed by atoms with Crippen molar-refractivity contribution in [2.45, 2.75) is 18.2 Å². The predicted molar refractivity (Wildman–Crippen MR) is 85.2 cm³/mol. The highest BCUT2D eigenvalue weighted by atomic mass is 32.2. The average molecular weight is 319 g/mol. The third kappa shape index (κ3) is 3.72. The first kappa shape index (κ1) is 16.2. The number of primary amides is 1. The van der Waals surface area contributed by atoms with Gasteiger partial charge in [0.15, 0.2) is 11.1 Å². The van der Waals surface area contributed by atoms with Crippen LogP contribution in [0.3, 0.4) is 0 Å². The fourth-order valence-corrected chi connectivity index (χ4v) is 2.45. The Bertz CT molecular complexity index is 715. The van der Waals surface area contributed by atoms with Crippen molar-refractivity contribution < 1.29 is 18.3 Å². The number of ether oxygens (including phenoxy) is 1. The number of carbonyl (C=O) groups is 1. The van der Waals surface area contributed by atoms with Crippen LogP contribution in [0.4, 0.5) is 0 Å². The van der Waals surface area contributed by atoms with Gasteiger partial charge in [-0.25, -0.2) is 4.21 Å². The normalized spacial score (nSPS) is 11.9. The summed E-state index contributed by atoms with van der Waals surface area (Å²) in [5, 5.41) is 0. The van der Waals surface area contributed by atoms with Gasteiger partial charge in [-0.3, -0.25) is 4.79 Å². The number of benzene rings is 2. The van der Waals surface area contributed by atoms with Gasteiger partial charge in [0.25, 0.3) is 5.91 Å². The number of hydrogen-bond donors (Lipinski definition) is 2. The van der Waals surface area contributed by atoms with Gasteiger partial charge >= 0.3 is 0 Å². The first-order chi connectivity index (χ1) is 10.5. The topological polar surface area (TPSA) is 89.6 Å². The molecule has 5 nitrogen and oxygen atoms in total. The molecular weight excluding hydrogens is 302 g/mol. The van der Waals surface area contributed by atoms with Crippen molar-refractivity contribution in [1.82, 2.24) is 0 Å². The smallest absolute Gasteiger partial charge is 0.252 e. The molecule has 0 spiro atoms. The molecule has 2 aromatic carbocycles. The van der Waals surface area contributed by atoms with Crippen LogP contribution in [0.25, 0.3) is 11.1 Å². The SMILES string of the molecule is CCCOc1ccc(-c2cccc(S(=O)O)c2)cc1C(N)=O. The van der Waals surface area contributed by atoms with E-state index in [9.17, 15) is 9.00 Å². The van der Waals surface area contributed by atoms with E-state index >= 15 is 0 Å². The van der Waals surface area contributed by atoms with Crippen LogP contribution in [0.2, 0.25) is 0 Å². The second kappa shape index (κ2) is 7.20. The lowest BCUT2D eigenvalue weighted by atomic mass is 10.0. The molecule has 0 aliphatic carbocycles. The molecule has 2 rings (SSSR count). The number of carbonyl (C=O) groups excluding carboxylic acids is 1. The first-order valence-electron chi connectivity index (χ1n) is 6.81. The zero-order valence-corrected chi connectivity index (χ0v) is 12.9. The van der Waals surface area contributed by atoms with Crippen molar-refractivity contribution in [3.8, 4) is 16.9 Å². The highest BCUT2D eigenvalue weighted by molar-refractivity contribution is 7.79. The Morgan fingerprint density at radius 3 is 2.59 bits per heavy atom. The zero-order chi connectivity index (χ0) is 16.1. The molecule has 3 N–H and O–H groups in total. The molecule has 0 aromatic heterocycles. The third-order valence-electron chi connectivity index (χ3n) is 3.08. The fraction of sp³-hybridized carbons (Fsp3) is 0.188. The van der Waals surface area contributed by atoms with Crippen LogP contribution in [0.5, 0.6) is 5.75 Å². The molecule has 0 bridgehead atoms. The fourth-order valence-electron chi connectivity index (χ4n) is 2.02. The Morgan fingerprint density at radius 2 is 1.95 bits per heavy atom. The highest BCUT2D eigenvalue weighted by Gasteiger charge is 2.12. The molecule has 1 unspecified atom stereocenters. The van der Waals surface area contributed by atoms with Crippen molar-refractivity contribution in [2.75, 3.05) is 6.61 Å². The van der Waals surface area contributed by atoms with Gasteiger partial charge in [0.1, 0.15) is 5.75 Å². The molecule has 1 atom stereocenters. The minimum atomic E-state index is -2.05. The molecule has 0 fully saturated rings. The Balaban J connectivity index is 2.44. The minimum Gasteiger partial charge on any atom is -0.493 e. The van der Waals surface area contributed by atoms with E-state index in [-0.39, 0.29) is 0 Å². The monoisotopic (exact) mass is 319 g/mol. The maximum atomic E-state index is 11.6. The van der Waals surface area contributed by atoms with E-state index in [4.69, 9.17) is 15.0 Å². The Kier molecular flexibility index (Phi) is 5.30. The Hall–Kier alpha value is -2.18. The number of rotatable bonds is 6. The van der Waals surface area contributed by atoms with Gasteiger partial charge in [-0.1, -0.05) is 25.1 Å². The van der Waals surface area contributed by atoms with E-state index in [0.29, 0.717) is 22.8 Å². The molecule has 1 amide bonds. The minimum absolute atomic E-state index is 0.293. The summed E-state index contributed by atoms with van der Waals surface area (Å²) in [7, 11) is 0. The quantitative estimate of drug-likeness (QED) is 0.801. The standard InChI is InChI=1S/C16H17NO4S/c1-2-8-21-15-7-6-12(10-14(15)16(17)18)11-4-3-5-13(9-11)22(19)20/h3-7,9-10H,2,8H2,1H3,(H2,17,18)(H,19,20). The third-order valence-corrected chi connectivity index (χ3v) is 3.73. The van der Waals surface area contributed by atoms with Crippen molar-refractivity contribution in [1.29, 1.82) is 0 Å². The summed E-state index contributed by atoms with van der Waals surface area (Å²) in [6.45, 7) is 2.47. The van der Waals surface area contributed by atoms with Crippen LogP contribution in [-0.2, 0) is 11.1 Å².